The van der Waals surface area contributed by atoms with Crippen molar-refractivity contribution in [3.8, 4) is 17.2 Å². The van der Waals surface area contributed by atoms with Crippen molar-refractivity contribution in [3.05, 3.63) is 77.6 Å². The maximum atomic E-state index is 14.3. The van der Waals surface area contributed by atoms with Gasteiger partial charge in [0.25, 0.3) is 0 Å². The summed E-state index contributed by atoms with van der Waals surface area (Å²) in [6.45, 7) is 0.172. The lowest BCUT2D eigenvalue weighted by molar-refractivity contribution is -0.118. The van der Waals surface area contributed by atoms with Gasteiger partial charge in [-0.05, 0) is 35.9 Å². The number of anilines is 1. The van der Waals surface area contributed by atoms with Crippen molar-refractivity contribution in [3.63, 3.8) is 0 Å². The van der Waals surface area contributed by atoms with Gasteiger partial charge in [0.05, 0.1) is 33.6 Å². The van der Waals surface area contributed by atoms with E-state index in [0.717, 1.165) is 16.1 Å². The normalized spacial score (nSPS) is 15.7. The number of nitrogens with zero attached hydrogens (tertiary/aromatic N) is 1. The SMILES string of the molecule is COc1cc([C@@H]2CC(=O)N(Cc3ccccc3F)c3ccccc3S2)cc(OC)c1OC. The zero-order valence-electron chi connectivity index (χ0n) is 18.1. The number of rotatable bonds is 6. The first kappa shape index (κ1) is 22.0. The fourth-order valence-electron chi connectivity index (χ4n) is 3.82. The molecule has 0 saturated heterocycles. The van der Waals surface area contributed by atoms with Gasteiger partial charge >= 0.3 is 0 Å². The smallest absolute Gasteiger partial charge is 0.228 e. The van der Waals surface area contributed by atoms with Crippen molar-refractivity contribution in [2.75, 3.05) is 26.2 Å². The van der Waals surface area contributed by atoms with Gasteiger partial charge in [-0.25, -0.2) is 4.39 Å². The molecule has 0 unspecified atom stereocenters. The van der Waals surface area contributed by atoms with Crippen LogP contribution in [0.4, 0.5) is 10.1 Å². The van der Waals surface area contributed by atoms with E-state index in [1.807, 2.05) is 36.4 Å². The molecule has 7 heteroatoms. The van der Waals surface area contributed by atoms with Crippen LogP contribution >= 0.6 is 11.8 Å². The molecule has 3 aromatic carbocycles. The summed E-state index contributed by atoms with van der Waals surface area (Å²) in [4.78, 5) is 16.0. The van der Waals surface area contributed by atoms with E-state index < -0.39 is 0 Å². The molecule has 0 spiro atoms. The summed E-state index contributed by atoms with van der Waals surface area (Å²) < 4.78 is 30.8. The van der Waals surface area contributed by atoms with Crippen molar-refractivity contribution in [1.29, 1.82) is 0 Å². The summed E-state index contributed by atoms with van der Waals surface area (Å²) in [6, 6.07) is 18.0. The average Bonchev–Trinajstić information content (AvgIpc) is 2.95. The molecule has 3 aromatic rings. The Morgan fingerprint density at radius 1 is 0.969 bits per heavy atom. The summed E-state index contributed by atoms with van der Waals surface area (Å²) in [5, 5.41) is -0.178. The topological polar surface area (TPSA) is 48.0 Å². The number of methoxy groups -OCH3 is 3. The van der Waals surface area contributed by atoms with Gasteiger partial charge in [0.15, 0.2) is 11.5 Å². The lowest BCUT2D eigenvalue weighted by Crippen LogP contribution is -2.30. The van der Waals surface area contributed by atoms with Gasteiger partial charge in [0.1, 0.15) is 5.82 Å². The van der Waals surface area contributed by atoms with Crippen LogP contribution in [0.25, 0.3) is 0 Å². The van der Waals surface area contributed by atoms with Crippen LogP contribution in [0.2, 0.25) is 0 Å². The van der Waals surface area contributed by atoms with E-state index in [1.54, 1.807) is 56.2 Å². The Morgan fingerprint density at radius 2 is 1.62 bits per heavy atom. The minimum Gasteiger partial charge on any atom is -0.493 e. The highest BCUT2D eigenvalue weighted by molar-refractivity contribution is 7.99. The second kappa shape index (κ2) is 9.53. The largest absolute Gasteiger partial charge is 0.493 e. The van der Waals surface area contributed by atoms with Gasteiger partial charge in [0.2, 0.25) is 11.7 Å². The summed E-state index contributed by atoms with van der Waals surface area (Å²) in [7, 11) is 4.69. The third-order valence-corrected chi connectivity index (χ3v) is 6.75. The molecule has 0 N–H and O–H groups in total. The number of benzene rings is 3. The Balaban J connectivity index is 1.74. The molecule has 5 nitrogen and oxygen atoms in total. The Hall–Kier alpha value is -3.19. The van der Waals surface area contributed by atoms with Gasteiger partial charge in [-0.1, -0.05) is 30.3 Å². The number of fused-ring (bicyclic) bond motifs is 1. The van der Waals surface area contributed by atoms with Crippen LogP contribution in [-0.4, -0.2) is 27.2 Å². The van der Waals surface area contributed by atoms with E-state index in [-0.39, 0.29) is 29.9 Å². The molecule has 0 aromatic heterocycles. The first-order valence-electron chi connectivity index (χ1n) is 10.1. The molecule has 4 rings (SSSR count). The number of halogens is 1. The number of ether oxygens (including phenoxy) is 3. The monoisotopic (exact) mass is 453 g/mol. The summed E-state index contributed by atoms with van der Waals surface area (Å²) >= 11 is 1.60. The summed E-state index contributed by atoms with van der Waals surface area (Å²) in [5.41, 5.74) is 2.15. The predicted molar refractivity (Wildman–Crippen MR) is 123 cm³/mol. The van der Waals surface area contributed by atoms with Gasteiger partial charge in [-0.2, -0.15) is 0 Å². The molecule has 0 fully saturated rings. The lowest BCUT2D eigenvalue weighted by atomic mass is 10.1. The van der Waals surface area contributed by atoms with Crippen LogP contribution in [0.1, 0.15) is 22.8 Å². The molecule has 1 atom stereocenters. The number of carbonyl (C=O) groups excluding carboxylic acids is 1. The molecule has 1 heterocycles. The highest BCUT2D eigenvalue weighted by Crippen LogP contribution is 2.49. The van der Waals surface area contributed by atoms with E-state index >= 15 is 0 Å². The van der Waals surface area contributed by atoms with Crippen LogP contribution in [-0.2, 0) is 11.3 Å². The fourth-order valence-corrected chi connectivity index (χ4v) is 5.08. The zero-order chi connectivity index (χ0) is 22.7. The minimum absolute atomic E-state index is 0.0792. The Kier molecular flexibility index (Phi) is 6.55. The molecule has 1 aliphatic heterocycles. The average molecular weight is 454 g/mol. The van der Waals surface area contributed by atoms with Crippen LogP contribution in [0.15, 0.2) is 65.6 Å². The summed E-state index contributed by atoms with van der Waals surface area (Å²) in [5.74, 6) is 1.18. The van der Waals surface area contributed by atoms with E-state index in [9.17, 15) is 9.18 Å². The highest BCUT2D eigenvalue weighted by Gasteiger charge is 2.31. The quantitative estimate of drug-likeness (QED) is 0.485. The molecule has 0 saturated carbocycles. The van der Waals surface area contributed by atoms with Crippen LogP contribution < -0.4 is 19.1 Å². The predicted octanol–water partition coefficient (Wildman–Crippen LogP) is 5.62. The summed E-state index contributed by atoms with van der Waals surface area (Å²) in [6.07, 6.45) is 0.242. The Bertz CT molecular complexity index is 1110. The number of carbonyl (C=O) groups is 1. The molecule has 166 valence electrons. The first-order valence-corrected chi connectivity index (χ1v) is 11.0. The second-order valence-electron chi connectivity index (χ2n) is 7.31. The van der Waals surface area contributed by atoms with Gasteiger partial charge in [-0.3, -0.25) is 4.79 Å². The maximum absolute atomic E-state index is 14.3. The third kappa shape index (κ3) is 4.25. The van der Waals surface area contributed by atoms with Gasteiger partial charge < -0.3 is 19.1 Å². The standard InChI is InChI=1S/C25H24FNO4S/c1-29-20-12-17(13-21(30-2)25(20)31-3)23-14-24(28)27(15-16-8-4-5-9-18(16)26)19-10-6-7-11-22(19)32-23/h4-13,23H,14-15H2,1-3H3/t23-/m0/s1. The van der Waals surface area contributed by atoms with E-state index in [2.05, 4.69) is 0 Å². The zero-order valence-corrected chi connectivity index (χ0v) is 18.9. The van der Waals surface area contributed by atoms with Crippen LogP contribution in [0, 0.1) is 5.82 Å². The number of thioether (sulfide) groups is 1. The van der Waals surface area contributed by atoms with Crippen LogP contribution in [0.5, 0.6) is 17.2 Å². The Morgan fingerprint density at radius 3 is 2.28 bits per heavy atom. The van der Waals surface area contributed by atoms with Gasteiger partial charge in [0, 0.05) is 22.1 Å². The maximum Gasteiger partial charge on any atom is 0.228 e. The molecule has 0 bridgehead atoms. The second-order valence-corrected chi connectivity index (χ2v) is 8.55. The molecule has 32 heavy (non-hydrogen) atoms. The first-order chi connectivity index (χ1) is 15.5. The Labute approximate surface area is 191 Å². The third-order valence-electron chi connectivity index (χ3n) is 5.43. The molecular weight excluding hydrogens is 429 g/mol. The minimum atomic E-state index is -0.323. The van der Waals surface area contributed by atoms with Crippen molar-refractivity contribution < 1.29 is 23.4 Å². The number of hydrogen-bond donors (Lipinski definition) is 0. The number of para-hydroxylation sites is 1. The van der Waals surface area contributed by atoms with Gasteiger partial charge in [-0.15, -0.1) is 11.8 Å². The van der Waals surface area contributed by atoms with Crippen molar-refractivity contribution in [2.24, 2.45) is 0 Å². The fraction of sp³-hybridized carbons (Fsp3) is 0.240. The highest BCUT2D eigenvalue weighted by atomic mass is 32.2. The molecule has 0 aliphatic carbocycles. The lowest BCUT2D eigenvalue weighted by Gasteiger charge is -2.23. The van der Waals surface area contributed by atoms with Crippen molar-refractivity contribution in [2.45, 2.75) is 23.1 Å². The molecular formula is C25H24FNO4S. The van der Waals surface area contributed by atoms with E-state index in [0.29, 0.717) is 22.8 Å². The number of hydrogen-bond acceptors (Lipinski definition) is 5. The van der Waals surface area contributed by atoms with E-state index in [4.69, 9.17) is 14.2 Å². The van der Waals surface area contributed by atoms with Crippen LogP contribution in [0.3, 0.4) is 0 Å². The van der Waals surface area contributed by atoms with E-state index in [1.165, 1.54) is 6.07 Å². The molecule has 0 radical (unpaired) electrons. The molecule has 1 aliphatic rings. The molecule has 1 amide bonds. The van der Waals surface area contributed by atoms with Crippen molar-refractivity contribution >= 4 is 23.4 Å². The number of amides is 1. The van der Waals surface area contributed by atoms with Crippen molar-refractivity contribution in [1.82, 2.24) is 0 Å².